The lowest BCUT2D eigenvalue weighted by Crippen LogP contribution is -2.46. The maximum atomic E-state index is 13.0. The van der Waals surface area contributed by atoms with Gasteiger partial charge < -0.3 is 15.4 Å². The third kappa shape index (κ3) is 3.78. The summed E-state index contributed by atoms with van der Waals surface area (Å²) < 4.78 is 32.8. The van der Waals surface area contributed by atoms with E-state index in [0.717, 1.165) is 17.5 Å². The van der Waals surface area contributed by atoms with Crippen molar-refractivity contribution in [3.05, 3.63) is 29.3 Å². The Kier molecular flexibility index (Phi) is 5.96. The number of fused-ring (bicyclic) bond motifs is 1. The molecule has 144 valence electrons. The summed E-state index contributed by atoms with van der Waals surface area (Å²) in [6, 6.07) is 4.84. The van der Waals surface area contributed by atoms with Gasteiger partial charge >= 0.3 is 0 Å². The van der Waals surface area contributed by atoms with E-state index in [2.05, 4.69) is 0 Å². The van der Waals surface area contributed by atoms with Crippen molar-refractivity contribution in [2.75, 3.05) is 32.8 Å². The summed E-state index contributed by atoms with van der Waals surface area (Å²) >= 11 is 0. The Morgan fingerprint density at radius 1 is 1.27 bits per heavy atom. The van der Waals surface area contributed by atoms with Crippen LogP contribution in [-0.2, 0) is 32.5 Å². The highest BCUT2D eigenvalue weighted by molar-refractivity contribution is 7.89. The molecule has 0 aromatic heterocycles. The number of nitrogens with two attached hydrogens (primary N) is 1. The van der Waals surface area contributed by atoms with Crippen LogP contribution >= 0.6 is 0 Å². The van der Waals surface area contributed by atoms with Crippen molar-refractivity contribution in [2.45, 2.75) is 43.7 Å². The molecule has 1 aromatic carbocycles. The molecule has 3 rings (SSSR count). The number of benzene rings is 1. The average Bonchev–Trinajstić information content (AvgIpc) is 2.67. The topological polar surface area (TPSA) is 92.9 Å². The number of sulfonamides is 1. The second-order valence-corrected chi connectivity index (χ2v) is 8.72. The number of hydrogen-bond acceptors (Lipinski definition) is 5. The lowest BCUT2D eigenvalue weighted by molar-refractivity contribution is -0.133. The van der Waals surface area contributed by atoms with Gasteiger partial charge in [-0.1, -0.05) is 25.5 Å². The van der Waals surface area contributed by atoms with Gasteiger partial charge in [0.2, 0.25) is 15.9 Å². The van der Waals surface area contributed by atoms with Gasteiger partial charge in [0, 0.05) is 26.2 Å². The van der Waals surface area contributed by atoms with Crippen LogP contribution in [0.1, 0.15) is 30.9 Å². The lowest BCUT2D eigenvalue weighted by Gasteiger charge is -2.33. The van der Waals surface area contributed by atoms with Gasteiger partial charge in [-0.05, 0) is 30.0 Å². The van der Waals surface area contributed by atoms with E-state index in [1.165, 1.54) is 4.31 Å². The molecule has 0 spiro atoms. The molecule has 8 heteroatoms. The van der Waals surface area contributed by atoms with Gasteiger partial charge in [0.15, 0.2) is 0 Å². The second kappa shape index (κ2) is 8.04. The van der Waals surface area contributed by atoms with Gasteiger partial charge in [0.1, 0.15) is 0 Å². The maximum absolute atomic E-state index is 13.0. The van der Waals surface area contributed by atoms with Gasteiger partial charge in [-0.25, -0.2) is 8.42 Å². The van der Waals surface area contributed by atoms with Gasteiger partial charge in [-0.3, -0.25) is 4.79 Å². The molecule has 0 bridgehead atoms. The average molecular weight is 381 g/mol. The number of rotatable bonds is 5. The summed E-state index contributed by atoms with van der Waals surface area (Å²) in [6.07, 6.45) is 2.05. The van der Waals surface area contributed by atoms with E-state index < -0.39 is 16.1 Å². The predicted octanol–water partition coefficient (Wildman–Crippen LogP) is 0.720. The molecule has 0 aliphatic carbocycles. The van der Waals surface area contributed by atoms with Crippen molar-refractivity contribution in [2.24, 2.45) is 5.73 Å². The highest BCUT2D eigenvalue weighted by Gasteiger charge is 2.32. The first-order chi connectivity index (χ1) is 12.4. The SMILES string of the molecule is CCC[C@H](N)C(=O)N1CCc2c(cccc2S(=O)(=O)N2CCOCC2)C1. The molecule has 7 nitrogen and oxygen atoms in total. The molecule has 0 unspecified atom stereocenters. The zero-order valence-corrected chi connectivity index (χ0v) is 16.0. The molecule has 2 aliphatic heterocycles. The Labute approximate surface area is 155 Å². The zero-order valence-electron chi connectivity index (χ0n) is 15.2. The molecule has 1 saturated heterocycles. The lowest BCUT2D eigenvalue weighted by atomic mass is 9.99. The Hall–Kier alpha value is -1.48. The predicted molar refractivity (Wildman–Crippen MR) is 98.0 cm³/mol. The third-order valence-corrected chi connectivity index (χ3v) is 7.02. The monoisotopic (exact) mass is 381 g/mol. The molecule has 0 radical (unpaired) electrons. The summed E-state index contributed by atoms with van der Waals surface area (Å²) in [4.78, 5) is 14.6. The minimum atomic E-state index is -3.54. The van der Waals surface area contributed by atoms with Gasteiger partial charge in [-0.2, -0.15) is 4.31 Å². The van der Waals surface area contributed by atoms with Crippen LogP contribution in [-0.4, -0.2) is 62.4 Å². The molecule has 1 atom stereocenters. The number of nitrogens with zero attached hydrogens (tertiary/aromatic N) is 2. The Morgan fingerprint density at radius 2 is 2.00 bits per heavy atom. The number of carbonyl (C=O) groups excluding carboxylic acids is 1. The molecule has 1 aromatic rings. The van der Waals surface area contributed by atoms with Crippen LogP contribution < -0.4 is 5.73 Å². The highest BCUT2D eigenvalue weighted by Crippen LogP contribution is 2.28. The minimum absolute atomic E-state index is 0.0565. The van der Waals surface area contributed by atoms with E-state index in [1.54, 1.807) is 17.0 Å². The molecule has 1 fully saturated rings. The fraction of sp³-hybridized carbons (Fsp3) is 0.611. The molecule has 2 N–H and O–H groups in total. The summed E-state index contributed by atoms with van der Waals surface area (Å²) in [5.41, 5.74) is 7.69. The van der Waals surface area contributed by atoms with Gasteiger partial charge in [0.05, 0.1) is 24.2 Å². The minimum Gasteiger partial charge on any atom is -0.379 e. The van der Waals surface area contributed by atoms with Crippen LogP contribution in [0.25, 0.3) is 0 Å². The van der Waals surface area contributed by atoms with Crippen molar-refractivity contribution in [1.82, 2.24) is 9.21 Å². The fourth-order valence-electron chi connectivity index (χ4n) is 3.60. The number of morpholine rings is 1. The molecule has 2 aliphatic rings. The summed E-state index contributed by atoms with van der Waals surface area (Å²) in [5, 5.41) is 0. The first-order valence-electron chi connectivity index (χ1n) is 9.18. The summed E-state index contributed by atoms with van der Waals surface area (Å²) in [5.74, 6) is -0.0565. The molecule has 1 amide bonds. The van der Waals surface area contributed by atoms with E-state index in [-0.39, 0.29) is 5.91 Å². The van der Waals surface area contributed by atoms with Crippen LogP contribution in [0.4, 0.5) is 0 Å². The van der Waals surface area contributed by atoms with Crippen LogP contribution in [0.3, 0.4) is 0 Å². The summed E-state index contributed by atoms with van der Waals surface area (Å²) in [6.45, 7) is 4.51. The fourth-order valence-corrected chi connectivity index (χ4v) is 5.30. The maximum Gasteiger partial charge on any atom is 0.243 e. The third-order valence-electron chi connectivity index (χ3n) is 5.04. The number of ether oxygens (including phenoxy) is 1. The number of carbonyl (C=O) groups is 1. The van der Waals surface area contributed by atoms with Crippen LogP contribution in [0.2, 0.25) is 0 Å². The van der Waals surface area contributed by atoms with E-state index in [1.807, 2.05) is 13.0 Å². The smallest absolute Gasteiger partial charge is 0.243 e. The van der Waals surface area contributed by atoms with Crippen LogP contribution in [0.5, 0.6) is 0 Å². The molecular formula is C18H27N3O4S. The highest BCUT2D eigenvalue weighted by atomic mass is 32.2. The van der Waals surface area contributed by atoms with Crippen molar-refractivity contribution in [1.29, 1.82) is 0 Å². The van der Waals surface area contributed by atoms with Crippen molar-refractivity contribution < 1.29 is 17.9 Å². The van der Waals surface area contributed by atoms with Gasteiger partial charge in [0.25, 0.3) is 0 Å². The van der Waals surface area contributed by atoms with Gasteiger partial charge in [-0.15, -0.1) is 0 Å². The first kappa shape index (κ1) is 19.3. The van der Waals surface area contributed by atoms with Crippen LogP contribution in [0, 0.1) is 0 Å². The Bertz CT molecular complexity index is 760. The van der Waals surface area contributed by atoms with Crippen molar-refractivity contribution in [3.8, 4) is 0 Å². The Balaban J connectivity index is 1.84. The standard InChI is InChI=1S/C18H27N3O4S/c1-2-4-16(19)18(22)20-8-7-15-14(13-20)5-3-6-17(15)26(23,24)21-9-11-25-12-10-21/h3,5-6,16H,2,4,7-13,19H2,1H3/t16-/m0/s1. The molecule has 0 saturated carbocycles. The second-order valence-electron chi connectivity index (χ2n) is 6.82. The molecule has 26 heavy (non-hydrogen) atoms. The van der Waals surface area contributed by atoms with E-state index in [4.69, 9.17) is 10.5 Å². The van der Waals surface area contributed by atoms with E-state index in [9.17, 15) is 13.2 Å². The van der Waals surface area contributed by atoms with Crippen LogP contribution in [0.15, 0.2) is 23.1 Å². The quantitative estimate of drug-likeness (QED) is 0.811. The van der Waals surface area contributed by atoms with E-state index in [0.29, 0.717) is 57.1 Å². The largest absolute Gasteiger partial charge is 0.379 e. The first-order valence-corrected chi connectivity index (χ1v) is 10.6. The molecule has 2 heterocycles. The van der Waals surface area contributed by atoms with Crippen molar-refractivity contribution in [3.63, 3.8) is 0 Å². The number of hydrogen-bond donors (Lipinski definition) is 1. The van der Waals surface area contributed by atoms with E-state index >= 15 is 0 Å². The molecular weight excluding hydrogens is 354 g/mol. The Morgan fingerprint density at radius 3 is 2.69 bits per heavy atom. The van der Waals surface area contributed by atoms with Crippen molar-refractivity contribution >= 4 is 15.9 Å². The summed E-state index contributed by atoms with van der Waals surface area (Å²) in [7, 11) is -3.54. The number of amides is 1. The normalized spacial score (nSPS) is 19.8. The zero-order chi connectivity index (χ0) is 18.7.